The predicted molar refractivity (Wildman–Crippen MR) is 234 cm³/mol. The van der Waals surface area contributed by atoms with Crippen molar-refractivity contribution in [1.82, 2.24) is 0 Å². The van der Waals surface area contributed by atoms with E-state index >= 15 is 0 Å². The zero-order valence-electron chi connectivity index (χ0n) is 35.4. The van der Waals surface area contributed by atoms with E-state index in [1.807, 2.05) is 0 Å². The molecule has 0 fully saturated rings. The van der Waals surface area contributed by atoms with Crippen molar-refractivity contribution in [3.63, 3.8) is 0 Å². The number of rotatable bonds is 31. The fourth-order valence-electron chi connectivity index (χ4n) is 6.90. The molecule has 0 unspecified atom stereocenters. The average molecular weight is 771 g/mol. The molecular formula is C49H70O7. The molecule has 0 aliphatic rings. The lowest BCUT2D eigenvalue weighted by atomic mass is 9.93. The first-order valence-electron chi connectivity index (χ1n) is 22.0. The standard InChI is InChI=1S/C49H70O7/c1-7-13-18-25-51-44-31-38-39-32-45(52-26-19-14-8-2)47(54-28-21-16-10-4)34-41(39)43-36-49(56-30-23-24-37(50)12-6)48(55-29-22-17-11-5)35-42(43)40(38)33-46(44)53-27-20-15-9-3/h12,31-36H,6-11,13-30H2,1-5H3. The molecule has 4 aromatic carbocycles. The summed E-state index contributed by atoms with van der Waals surface area (Å²) in [6.07, 6.45) is 18.4. The lowest BCUT2D eigenvalue weighted by Gasteiger charge is -2.20. The summed E-state index contributed by atoms with van der Waals surface area (Å²) in [5, 5.41) is 6.26. The van der Waals surface area contributed by atoms with Crippen LogP contribution in [0.15, 0.2) is 49.1 Å². The second kappa shape index (κ2) is 25.2. The number of carbonyl (C=O) groups is 1. The van der Waals surface area contributed by atoms with Gasteiger partial charge in [0.25, 0.3) is 0 Å². The maximum absolute atomic E-state index is 12.0. The number of hydrogen-bond donors (Lipinski definition) is 0. The van der Waals surface area contributed by atoms with Crippen LogP contribution in [0.25, 0.3) is 32.3 Å². The third kappa shape index (κ3) is 13.2. The van der Waals surface area contributed by atoms with E-state index in [-0.39, 0.29) is 5.78 Å². The van der Waals surface area contributed by atoms with Crippen molar-refractivity contribution in [3.05, 3.63) is 49.1 Å². The van der Waals surface area contributed by atoms with Gasteiger partial charge in [-0.05, 0) is 113 Å². The minimum atomic E-state index is 0.0150. The van der Waals surface area contributed by atoms with Crippen molar-refractivity contribution in [1.29, 1.82) is 0 Å². The third-order valence-electron chi connectivity index (χ3n) is 10.2. The topological polar surface area (TPSA) is 72.5 Å². The molecule has 0 aromatic heterocycles. The van der Waals surface area contributed by atoms with Gasteiger partial charge in [0.15, 0.2) is 40.3 Å². The van der Waals surface area contributed by atoms with E-state index in [1.54, 1.807) is 0 Å². The molecule has 308 valence electrons. The highest BCUT2D eigenvalue weighted by molar-refractivity contribution is 6.26. The number of ketones is 1. The average Bonchev–Trinajstić information content (AvgIpc) is 3.21. The van der Waals surface area contributed by atoms with Gasteiger partial charge in [-0.1, -0.05) is 105 Å². The second-order valence-electron chi connectivity index (χ2n) is 14.9. The van der Waals surface area contributed by atoms with E-state index in [9.17, 15) is 4.79 Å². The van der Waals surface area contributed by atoms with Crippen LogP contribution in [0.3, 0.4) is 0 Å². The smallest absolute Gasteiger partial charge is 0.161 e. The minimum Gasteiger partial charge on any atom is -0.490 e. The van der Waals surface area contributed by atoms with Crippen LogP contribution in [0.2, 0.25) is 0 Å². The molecule has 0 atom stereocenters. The third-order valence-corrected chi connectivity index (χ3v) is 10.2. The number of hydrogen-bond acceptors (Lipinski definition) is 7. The summed E-state index contributed by atoms with van der Waals surface area (Å²) in [4.78, 5) is 12.0. The molecule has 7 nitrogen and oxygen atoms in total. The Morgan fingerprint density at radius 3 is 0.804 bits per heavy atom. The van der Waals surface area contributed by atoms with Crippen LogP contribution in [0.1, 0.15) is 144 Å². The van der Waals surface area contributed by atoms with Gasteiger partial charge in [-0.15, -0.1) is 0 Å². The Morgan fingerprint density at radius 2 is 0.607 bits per heavy atom. The summed E-state index contributed by atoms with van der Waals surface area (Å²) in [6.45, 7) is 18.1. The van der Waals surface area contributed by atoms with Crippen LogP contribution in [0.5, 0.6) is 34.5 Å². The fraction of sp³-hybridized carbons (Fsp3) is 0.571. The van der Waals surface area contributed by atoms with Crippen LogP contribution in [-0.2, 0) is 4.79 Å². The first-order chi connectivity index (χ1) is 27.5. The van der Waals surface area contributed by atoms with Crippen molar-refractivity contribution >= 4 is 38.1 Å². The summed E-state index contributed by atoms with van der Waals surface area (Å²) < 4.78 is 39.1. The van der Waals surface area contributed by atoms with Crippen molar-refractivity contribution in [2.75, 3.05) is 39.6 Å². The SMILES string of the molecule is C=CC(=O)CCCOc1cc2c3cc(OCCCCC)c(OCCCCC)cc3c3cc(OCCCCC)c(OCCCCC)cc3c2cc1OCCCCC. The number of allylic oxidation sites excluding steroid dienone is 1. The molecule has 4 rings (SSSR count). The highest BCUT2D eigenvalue weighted by Crippen LogP contribution is 2.47. The van der Waals surface area contributed by atoms with Crippen LogP contribution in [0.4, 0.5) is 0 Å². The zero-order valence-corrected chi connectivity index (χ0v) is 35.4. The number of ether oxygens (including phenoxy) is 6. The van der Waals surface area contributed by atoms with E-state index < -0.39 is 0 Å². The van der Waals surface area contributed by atoms with Gasteiger partial charge in [-0.2, -0.15) is 0 Å². The highest BCUT2D eigenvalue weighted by atomic mass is 16.5. The highest BCUT2D eigenvalue weighted by Gasteiger charge is 2.20. The Kier molecular flexibility index (Phi) is 20.1. The lowest BCUT2D eigenvalue weighted by molar-refractivity contribution is -0.114. The summed E-state index contributed by atoms with van der Waals surface area (Å²) in [5.74, 6) is 4.41. The molecule has 0 radical (unpaired) electrons. The molecule has 4 aromatic rings. The summed E-state index contributed by atoms with van der Waals surface area (Å²) in [6, 6.07) is 12.9. The Morgan fingerprint density at radius 1 is 0.393 bits per heavy atom. The van der Waals surface area contributed by atoms with Gasteiger partial charge in [-0.25, -0.2) is 0 Å². The zero-order chi connectivity index (χ0) is 40.0. The molecule has 0 N–H and O–H groups in total. The fourth-order valence-corrected chi connectivity index (χ4v) is 6.90. The Hall–Kier alpha value is -4.13. The molecular weight excluding hydrogens is 701 g/mol. The van der Waals surface area contributed by atoms with Crippen molar-refractivity contribution in [2.24, 2.45) is 0 Å². The minimum absolute atomic E-state index is 0.0150. The van der Waals surface area contributed by atoms with Crippen LogP contribution < -0.4 is 28.4 Å². The maximum atomic E-state index is 12.0. The number of carbonyl (C=O) groups excluding carboxylic acids is 1. The second-order valence-corrected chi connectivity index (χ2v) is 14.9. The van der Waals surface area contributed by atoms with Gasteiger partial charge >= 0.3 is 0 Å². The van der Waals surface area contributed by atoms with E-state index in [0.29, 0.717) is 64.0 Å². The molecule has 0 heterocycles. The number of unbranched alkanes of at least 4 members (excludes halogenated alkanes) is 10. The van der Waals surface area contributed by atoms with Crippen molar-refractivity contribution < 1.29 is 33.2 Å². The molecule has 0 saturated heterocycles. The summed E-state index contributed by atoms with van der Waals surface area (Å²) in [7, 11) is 0. The first-order valence-corrected chi connectivity index (χ1v) is 22.0. The quantitative estimate of drug-likeness (QED) is 0.0287. The molecule has 0 bridgehead atoms. The predicted octanol–water partition coefficient (Wildman–Crippen LogP) is 13.9. The Bertz CT molecular complexity index is 1750. The van der Waals surface area contributed by atoms with Gasteiger partial charge in [0.05, 0.1) is 39.6 Å². The maximum Gasteiger partial charge on any atom is 0.161 e. The molecule has 56 heavy (non-hydrogen) atoms. The molecule has 7 heteroatoms. The van der Waals surface area contributed by atoms with Gasteiger partial charge < -0.3 is 28.4 Å². The number of fused-ring (bicyclic) bond motifs is 6. The van der Waals surface area contributed by atoms with E-state index in [2.05, 4.69) is 77.6 Å². The van der Waals surface area contributed by atoms with Gasteiger partial charge in [0, 0.05) is 6.42 Å². The van der Waals surface area contributed by atoms with Crippen molar-refractivity contribution in [3.8, 4) is 34.5 Å². The lowest BCUT2D eigenvalue weighted by Crippen LogP contribution is -2.05. The normalized spacial score (nSPS) is 11.3. The van der Waals surface area contributed by atoms with Crippen LogP contribution in [0, 0.1) is 0 Å². The van der Waals surface area contributed by atoms with Gasteiger partial charge in [-0.3, -0.25) is 4.79 Å². The van der Waals surface area contributed by atoms with E-state index in [0.717, 1.165) is 152 Å². The first kappa shape index (κ1) is 44.6. The summed E-state index contributed by atoms with van der Waals surface area (Å²) >= 11 is 0. The van der Waals surface area contributed by atoms with Crippen molar-refractivity contribution in [2.45, 2.75) is 144 Å². The molecule has 0 saturated carbocycles. The number of benzene rings is 4. The Balaban J connectivity index is 1.99. The summed E-state index contributed by atoms with van der Waals surface area (Å²) in [5.41, 5.74) is 0. The van der Waals surface area contributed by atoms with Gasteiger partial charge in [0.1, 0.15) is 0 Å². The van der Waals surface area contributed by atoms with Crippen LogP contribution in [-0.4, -0.2) is 45.4 Å². The van der Waals surface area contributed by atoms with Crippen LogP contribution >= 0.6 is 0 Å². The van der Waals surface area contributed by atoms with E-state index in [4.69, 9.17) is 28.4 Å². The molecule has 0 amide bonds. The molecule has 0 aliphatic carbocycles. The molecule has 0 aliphatic heterocycles. The Labute approximate surface area is 337 Å². The van der Waals surface area contributed by atoms with Gasteiger partial charge in [0.2, 0.25) is 0 Å². The van der Waals surface area contributed by atoms with E-state index in [1.165, 1.54) is 6.08 Å². The monoisotopic (exact) mass is 771 g/mol. The largest absolute Gasteiger partial charge is 0.490 e. The molecule has 0 spiro atoms.